The Balaban J connectivity index is 1.74. The first-order valence-electron chi connectivity index (χ1n) is 7.91. The molecule has 1 aromatic heterocycles. The summed E-state index contributed by atoms with van der Waals surface area (Å²) in [4.78, 5) is 14.7. The van der Waals surface area contributed by atoms with E-state index in [9.17, 15) is 4.79 Å². The quantitative estimate of drug-likeness (QED) is 0.787. The van der Waals surface area contributed by atoms with Crippen LogP contribution in [0.25, 0.3) is 0 Å². The highest BCUT2D eigenvalue weighted by atomic mass is 32.2. The molecule has 0 radical (unpaired) electrons. The number of nitrogens with zero attached hydrogens (tertiary/aromatic N) is 1. The van der Waals surface area contributed by atoms with Crippen LogP contribution in [0.4, 0.5) is 0 Å². The van der Waals surface area contributed by atoms with Crippen molar-refractivity contribution in [3.8, 4) is 0 Å². The Kier molecular flexibility index (Phi) is 3.53. The van der Waals surface area contributed by atoms with Crippen molar-refractivity contribution in [2.45, 2.75) is 43.1 Å². The normalized spacial score (nSPS) is 23.8. The number of carbonyl (C=O) groups excluding carboxylic acids is 1. The molecular formula is C16H21NO2S2. The first-order chi connectivity index (χ1) is 10.2. The molecule has 1 aliphatic carbocycles. The third-order valence-corrected chi connectivity index (χ3v) is 8.38. The van der Waals surface area contributed by atoms with E-state index in [4.69, 9.17) is 4.42 Å². The fourth-order valence-corrected chi connectivity index (χ4v) is 7.42. The molecule has 0 saturated carbocycles. The largest absolute Gasteiger partial charge is 0.455 e. The summed E-state index contributed by atoms with van der Waals surface area (Å²) in [6.45, 7) is 3.87. The molecular weight excluding hydrogens is 302 g/mol. The predicted molar refractivity (Wildman–Crippen MR) is 88.1 cm³/mol. The number of hydrogen-bond acceptors (Lipinski definition) is 4. The van der Waals surface area contributed by atoms with Crippen LogP contribution >= 0.6 is 23.5 Å². The molecule has 2 fully saturated rings. The van der Waals surface area contributed by atoms with Gasteiger partial charge in [-0.25, -0.2) is 0 Å². The summed E-state index contributed by atoms with van der Waals surface area (Å²) in [5.41, 5.74) is 2.47. The second kappa shape index (κ2) is 5.27. The Morgan fingerprint density at radius 1 is 1.19 bits per heavy atom. The maximum Gasteiger partial charge on any atom is 0.289 e. The maximum absolute atomic E-state index is 12.7. The first-order valence-corrected chi connectivity index (χ1v) is 9.88. The summed E-state index contributed by atoms with van der Waals surface area (Å²) in [6.07, 6.45) is 5.64. The number of carbonyl (C=O) groups is 1. The number of amides is 1. The van der Waals surface area contributed by atoms with Crippen LogP contribution in [0.2, 0.25) is 0 Å². The maximum atomic E-state index is 12.7. The standard InChI is InChI=1S/C16H21NO2S2/c1-11-13-12(5-4-6-16(13)20-9-10-21-16)19-14(11)15(18)17-7-2-3-8-17/h2-10H2,1H3. The molecule has 4 rings (SSSR count). The molecule has 0 unspecified atom stereocenters. The minimum absolute atomic E-state index is 0.113. The Hall–Kier alpha value is -0.550. The summed E-state index contributed by atoms with van der Waals surface area (Å²) < 4.78 is 6.25. The minimum atomic E-state index is 0.113. The number of hydrogen-bond donors (Lipinski definition) is 0. The van der Waals surface area contributed by atoms with Crippen LogP contribution in [0, 0.1) is 6.92 Å². The highest BCUT2D eigenvalue weighted by molar-refractivity contribution is 8.20. The van der Waals surface area contributed by atoms with E-state index in [0.29, 0.717) is 5.76 Å². The lowest BCUT2D eigenvalue weighted by molar-refractivity contribution is 0.0758. The van der Waals surface area contributed by atoms with Crippen molar-refractivity contribution >= 4 is 29.4 Å². The van der Waals surface area contributed by atoms with Crippen molar-refractivity contribution in [1.29, 1.82) is 0 Å². The first kappa shape index (κ1) is 14.1. The molecule has 0 N–H and O–H groups in total. The monoisotopic (exact) mass is 323 g/mol. The molecule has 3 nitrogen and oxygen atoms in total. The molecule has 2 saturated heterocycles. The third kappa shape index (κ3) is 2.15. The molecule has 1 aromatic rings. The van der Waals surface area contributed by atoms with Gasteiger partial charge in [-0.3, -0.25) is 4.79 Å². The molecule has 0 aromatic carbocycles. The summed E-state index contributed by atoms with van der Waals surface area (Å²) in [5.74, 6) is 4.25. The van der Waals surface area contributed by atoms with Gasteiger partial charge in [0.15, 0.2) is 5.76 Å². The lowest BCUT2D eigenvalue weighted by Gasteiger charge is -2.31. The zero-order valence-corrected chi connectivity index (χ0v) is 14.1. The van der Waals surface area contributed by atoms with E-state index >= 15 is 0 Å². The van der Waals surface area contributed by atoms with Gasteiger partial charge in [-0.1, -0.05) is 0 Å². The highest BCUT2D eigenvalue weighted by Crippen LogP contribution is 2.59. The average Bonchev–Trinajstić information content (AvgIpc) is 3.19. The number of aryl methyl sites for hydroxylation is 1. The second-order valence-electron chi connectivity index (χ2n) is 6.16. The van der Waals surface area contributed by atoms with Crippen molar-refractivity contribution in [2.24, 2.45) is 0 Å². The molecule has 114 valence electrons. The molecule has 3 heterocycles. The van der Waals surface area contributed by atoms with Gasteiger partial charge in [0.2, 0.25) is 0 Å². The van der Waals surface area contributed by atoms with Crippen LogP contribution in [-0.2, 0) is 10.5 Å². The van der Waals surface area contributed by atoms with E-state index < -0.39 is 0 Å². The Morgan fingerprint density at radius 3 is 2.62 bits per heavy atom. The predicted octanol–water partition coefficient (Wildman–Crippen LogP) is 3.79. The zero-order chi connectivity index (χ0) is 14.4. The second-order valence-corrected chi connectivity index (χ2v) is 9.20. The topological polar surface area (TPSA) is 33.5 Å². The number of thioether (sulfide) groups is 2. The summed E-state index contributed by atoms with van der Waals surface area (Å²) in [7, 11) is 0. The number of likely N-dealkylation sites (tertiary alicyclic amines) is 1. The van der Waals surface area contributed by atoms with Crippen LogP contribution in [0.5, 0.6) is 0 Å². The van der Waals surface area contributed by atoms with Gasteiger partial charge in [0.25, 0.3) is 5.91 Å². The molecule has 21 heavy (non-hydrogen) atoms. The average molecular weight is 323 g/mol. The van der Waals surface area contributed by atoms with E-state index in [2.05, 4.69) is 30.4 Å². The SMILES string of the molecule is Cc1c(C(=O)N2CCCC2)oc2c1C1(CCC2)SCCS1. The fraction of sp³-hybridized carbons (Fsp3) is 0.688. The van der Waals surface area contributed by atoms with Crippen molar-refractivity contribution in [3.63, 3.8) is 0 Å². The Morgan fingerprint density at radius 2 is 1.90 bits per heavy atom. The van der Waals surface area contributed by atoms with Gasteiger partial charge in [-0.05, 0) is 32.6 Å². The van der Waals surface area contributed by atoms with Gasteiger partial charge in [0.1, 0.15) is 5.76 Å². The lowest BCUT2D eigenvalue weighted by Crippen LogP contribution is -2.28. The van der Waals surface area contributed by atoms with Crippen molar-refractivity contribution in [1.82, 2.24) is 4.90 Å². The van der Waals surface area contributed by atoms with Gasteiger partial charge < -0.3 is 9.32 Å². The van der Waals surface area contributed by atoms with E-state index in [1.807, 2.05) is 4.90 Å². The Labute approximate surface area is 134 Å². The van der Waals surface area contributed by atoms with Crippen LogP contribution < -0.4 is 0 Å². The molecule has 0 bridgehead atoms. The van der Waals surface area contributed by atoms with Gasteiger partial charge in [-0.15, -0.1) is 23.5 Å². The van der Waals surface area contributed by atoms with Gasteiger partial charge in [0, 0.05) is 42.1 Å². The summed E-state index contributed by atoms with van der Waals surface area (Å²) in [5, 5.41) is 0. The minimum Gasteiger partial charge on any atom is -0.455 e. The smallest absolute Gasteiger partial charge is 0.289 e. The molecule has 1 spiro atoms. The zero-order valence-electron chi connectivity index (χ0n) is 12.4. The van der Waals surface area contributed by atoms with E-state index in [1.54, 1.807) is 0 Å². The number of furan rings is 1. The Bertz CT molecular complexity index is 569. The van der Waals surface area contributed by atoms with Crippen molar-refractivity contribution in [2.75, 3.05) is 24.6 Å². The van der Waals surface area contributed by atoms with E-state index in [0.717, 1.165) is 43.7 Å². The molecule has 5 heteroatoms. The van der Waals surface area contributed by atoms with Gasteiger partial charge in [0.05, 0.1) is 4.08 Å². The van der Waals surface area contributed by atoms with Crippen LogP contribution in [0.1, 0.15) is 53.1 Å². The molecule has 1 amide bonds. The lowest BCUT2D eigenvalue weighted by atomic mass is 9.94. The van der Waals surface area contributed by atoms with E-state index in [-0.39, 0.29) is 9.99 Å². The van der Waals surface area contributed by atoms with Crippen molar-refractivity contribution < 1.29 is 9.21 Å². The molecule has 0 atom stereocenters. The third-order valence-electron chi connectivity index (χ3n) is 4.85. The van der Waals surface area contributed by atoms with E-state index in [1.165, 1.54) is 29.9 Å². The fourth-order valence-electron chi connectivity index (χ4n) is 3.87. The summed E-state index contributed by atoms with van der Waals surface area (Å²) >= 11 is 4.12. The van der Waals surface area contributed by atoms with Gasteiger partial charge in [-0.2, -0.15) is 0 Å². The van der Waals surface area contributed by atoms with Crippen molar-refractivity contribution in [3.05, 3.63) is 22.6 Å². The summed E-state index contributed by atoms with van der Waals surface area (Å²) in [6, 6.07) is 0. The number of rotatable bonds is 1. The molecule has 3 aliphatic rings. The van der Waals surface area contributed by atoms with Gasteiger partial charge >= 0.3 is 0 Å². The highest BCUT2D eigenvalue weighted by Gasteiger charge is 2.45. The molecule has 2 aliphatic heterocycles. The van der Waals surface area contributed by atoms with Crippen LogP contribution in [0.15, 0.2) is 4.42 Å². The number of fused-ring (bicyclic) bond motifs is 2. The van der Waals surface area contributed by atoms with Crippen LogP contribution in [0.3, 0.4) is 0 Å². The van der Waals surface area contributed by atoms with Crippen LogP contribution in [-0.4, -0.2) is 35.4 Å².